The molecule has 0 spiro atoms. The molecule has 4 nitrogen and oxygen atoms in total. The molecule has 0 heterocycles. The van der Waals surface area contributed by atoms with Crippen molar-refractivity contribution in [1.82, 2.24) is 0 Å². The van der Waals surface area contributed by atoms with E-state index in [-0.39, 0.29) is 5.91 Å². The van der Waals surface area contributed by atoms with Gasteiger partial charge in [0, 0.05) is 24.2 Å². The minimum Gasteiger partial charge on any atom is -0.496 e. The molecule has 0 aliphatic heterocycles. The van der Waals surface area contributed by atoms with E-state index >= 15 is 0 Å². The number of nitrogens with one attached hydrogen (secondary N) is 1. The van der Waals surface area contributed by atoms with E-state index in [9.17, 15) is 4.79 Å². The Kier molecular flexibility index (Phi) is 3.67. The summed E-state index contributed by atoms with van der Waals surface area (Å²) in [5.41, 5.74) is 1.57. The summed E-state index contributed by atoms with van der Waals surface area (Å²) < 4.78 is 5.13. The fourth-order valence-electron chi connectivity index (χ4n) is 1.28. The number of methoxy groups -OCH3 is 1. The predicted molar refractivity (Wildman–Crippen MR) is 61.9 cm³/mol. The zero-order valence-electron chi connectivity index (χ0n) is 9.20. The molecular formula is C12H12N2O2. The zero-order valence-corrected chi connectivity index (χ0v) is 9.20. The van der Waals surface area contributed by atoms with Gasteiger partial charge in [0.2, 0.25) is 5.91 Å². The molecule has 1 aromatic carbocycles. The average Bonchev–Trinajstić information content (AvgIpc) is 2.27. The quantitative estimate of drug-likeness (QED) is 0.788. The molecule has 1 N–H and O–H groups in total. The van der Waals surface area contributed by atoms with E-state index in [0.717, 1.165) is 0 Å². The van der Waals surface area contributed by atoms with Gasteiger partial charge in [0.05, 0.1) is 18.8 Å². The molecule has 0 fully saturated rings. The van der Waals surface area contributed by atoms with E-state index in [1.54, 1.807) is 18.2 Å². The van der Waals surface area contributed by atoms with E-state index in [4.69, 9.17) is 10.00 Å². The molecular weight excluding hydrogens is 204 g/mol. The van der Waals surface area contributed by atoms with Crippen molar-refractivity contribution < 1.29 is 9.53 Å². The number of ether oxygens (including phenoxy) is 1. The van der Waals surface area contributed by atoms with Crippen molar-refractivity contribution in [2.45, 2.75) is 6.92 Å². The van der Waals surface area contributed by atoms with Crippen LogP contribution in [0.5, 0.6) is 5.75 Å². The molecule has 0 radical (unpaired) electrons. The third-order valence-corrected chi connectivity index (χ3v) is 1.98. The van der Waals surface area contributed by atoms with Crippen LogP contribution < -0.4 is 10.1 Å². The predicted octanol–water partition coefficient (Wildman–Crippen LogP) is 2.19. The Morgan fingerprint density at radius 2 is 2.25 bits per heavy atom. The van der Waals surface area contributed by atoms with E-state index in [1.165, 1.54) is 14.0 Å². The molecule has 1 aromatic rings. The van der Waals surface area contributed by atoms with Gasteiger partial charge in [0.15, 0.2) is 0 Å². The number of anilines is 1. The first-order valence-corrected chi connectivity index (χ1v) is 4.63. The van der Waals surface area contributed by atoms with Crippen molar-refractivity contribution in [1.29, 1.82) is 5.26 Å². The lowest BCUT2D eigenvalue weighted by atomic mass is 10.1. The molecule has 0 aliphatic rings. The van der Waals surface area contributed by atoms with Crippen molar-refractivity contribution in [3.05, 3.63) is 30.3 Å². The Morgan fingerprint density at radius 3 is 2.75 bits per heavy atom. The van der Waals surface area contributed by atoms with Gasteiger partial charge in [-0.05, 0) is 12.1 Å². The minimum absolute atomic E-state index is 0.158. The Balaban J connectivity index is 3.12. The van der Waals surface area contributed by atoms with Crippen molar-refractivity contribution >= 4 is 17.2 Å². The smallest absolute Gasteiger partial charge is 0.221 e. The number of carbonyl (C=O) groups is 1. The monoisotopic (exact) mass is 216 g/mol. The van der Waals surface area contributed by atoms with Gasteiger partial charge in [-0.15, -0.1) is 0 Å². The van der Waals surface area contributed by atoms with Crippen molar-refractivity contribution in [3.8, 4) is 11.8 Å². The second-order valence-corrected chi connectivity index (χ2v) is 3.19. The molecule has 4 heteroatoms. The lowest BCUT2D eigenvalue weighted by Gasteiger charge is -2.09. The number of amides is 1. The SMILES string of the molecule is C=C(C#N)c1ccc(NC(C)=O)cc1OC. The molecule has 0 bridgehead atoms. The van der Waals surface area contributed by atoms with Crippen LogP contribution in [0.1, 0.15) is 12.5 Å². The van der Waals surface area contributed by atoms with Crippen LogP contribution in [0.4, 0.5) is 5.69 Å². The number of hydrogen-bond acceptors (Lipinski definition) is 3. The van der Waals surface area contributed by atoms with Crippen molar-refractivity contribution in [3.63, 3.8) is 0 Å². The van der Waals surface area contributed by atoms with E-state index in [0.29, 0.717) is 22.6 Å². The molecule has 0 aliphatic carbocycles. The van der Waals surface area contributed by atoms with Crippen LogP contribution in [0.2, 0.25) is 0 Å². The molecule has 1 amide bonds. The van der Waals surface area contributed by atoms with Gasteiger partial charge < -0.3 is 10.1 Å². The normalized spacial score (nSPS) is 9.06. The standard InChI is InChI=1S/C12H12N2O2/c1-8(7-13)11-5-4-10(14-9(2)15)6-12(11)16-3/h4-6H,1H2,2-3H3,(H,14,15). The lowest BCUT2D eigenvalue weighted by Crippen LogP contribution is -2.06. The summed E-state index contributed by atoms with van der Waals surface area (Å²) in [5, 5.41) is 11.4. The first-order valence-electron chi connectivity index (χ1n) is 4.63. The number of nitrogens with zero attached hydrogens (tertiary/aromatic N) is 1. The average molecular weight is 216 g/mol. The maximum Gasteiger partial charge on any atom is 0.221 e. The van der Waals surface area contributed by atoms with Crippen LogP contribution in [0.3, 0.4) is 0 Å². The second kappa shape index (κ2) is 4.99. The Labute approximate surface area is 94.1 Å². The number of rotatable bonds is 3. The molecule has 0 unspecified atom stereocenters. The number of benzene rings is 1. The number of carbonyl (C=O) groups excluding carboxylic acids is 1. The highest BCUT2D eigenvalue weighted by atomic mass is 16.5. The third-order valence-electron chi connectivity index (χ3n) is 1.98. The van der Waals surface area contributed by atoms with Gasteiger partial charge in [0.1, 0.15) is 5.75 Å². The van der Waals surface area contributed by atoms with Crippen LogP contribution in [-0.2, 0) is 4.79 Å². The van der Waals surface area contributed by atoms with Gasteiger partial charge in [-0.2, -0.15) is 5.26 Å². The highest BCUT2D eigenvalue weighted by Gasteiger charge is 2.07. The highest BCUT2D eigenvalue weighted by molar-refractivity contribution is 5.90. The maximum atomic E-state index is 10.9. The maximum absolute atomic E-state index is 10.9. The van der Waals surface area contributed by atoms with Crippen LogP contribution in [0.15, 0.2) is 24.8 Å². The van der Waals surface area contributed by atoms with E-state index in [1.807, 2.05) is 6.07 Å². The molecule has 0 saturated carbocycles. The van der Waals surface area contributed by atoms with Crippen molar-refractivity contribution in [2.75, 3.05) is 12.4 Å². The van der Waals surface area contributed by atoms with Gasteiger partial charge >= 0.3 is 0 Å². The molecule has 1 rings (SSSR count). The van der Waals surface area contributed by atoms with Crippen LogP contribution >= 0.6 is 0 Å². The van der Waals surface area contributed by atoms with Crippen molar-refractivity contribution in [2.24, 2.45) is 0 Å². The zero-order chi connectivity index (χ0) is 12.1. The molecule has 16 heavy (non-hydrogen) atoms. The van der Waals surface area contributed by atoms with Gasteiger partial charge in [-0.25, -0.2) is 0 Å². The molecule has 82 valence electrons. The van der Waals surface area contributed by atoms with E-state index in [2.05, 4.69) is 11.9 Å². The first kappa shape index (κ1) is 11.8. The highest BCUT2D eigenvalue weighted by Crippen LogP contribution is 2.27. The Bertz CT molecular complexity index is 472. The summed E-state index contributed by atoms with van der Waals surface area (Å²) in [7, 11) is 1.50. The van der Waals surface area contributed by atoms with Crippen LogP contribution in [0.25, 0.3) is 5.57 Å². The van der Waals surface area contributed by atoms with Gasteiger partial charge in [0.25, 0.3) is 0 Å². The second-order valence-electron chi connectivity index (χ2n) is 3.19. The summed E-state index contributed by atoms with van der Waals surface area (Å²) >= 11 is 0. The number of hydrogen-bond donors (Lipinski definition) is 1. The van der Waals surface area contributed by atoms with Crippen LogP contribution in [-0.4, -0.2) is 13.0 Å². The Morgan fingerprint density at radius 1 is 1.56 bits per heavy atom. The topological polar surface area (TPSA) is 62.1 Å². The summed E-state index contributed by atoms with van der Waals surface area (Å²) in [6.07, 6.45) is 0. The summed E-state index contributed by atoms with van der Waals surface area (Å²) in [6.45, 7) is 5.04. The molecule has 0 aromatic heterocycles. The minimum atomic E-state index is -0.158. The molecule has 0 saturated heterocycles. The summed E-state index contributed by atoms with van der Waals surface area (Å²) in [5.74, 6) is 0.353. The first-order chi connectivity index (χ1) is 7.58. The lowest BCUT2D eigenvalue weighted by molar-refractivity contribution is -0.114. The summed E-state index contributed by atoms with van der Waals surface area (Å²) in [4.78, 5) is 10.9. The number of nitriles is 1. The fraction of sp³-hybridized carbons (Fsp3) is 0.167. The van der Waals surface area contributed by atoms with Gasteiger partial charge in [-0.1, -0.05) is 6.58 Å². The fourth-order valence-corrected chi connectivity index (χ4v) is 1.28. The largest absolute Gasteiger partial charge is 0.496 e. The van der Waals surface area contributed by atoms with Gasteiger partial charge in [-0.3, -0.25) is 4.79 Å². The third kappa shape index (κ3) is 2.61. The number of allylic oxidation sites excluding steroid dienone is 1. The summed E-state index contributed by atoms with van der Waals surface area (Å²) in [6, 6.07) is 6.99. The van der Waals surface area contributed by atoms with E-state index < -0.39 is 0 Å². The Hall–Kier alpha value is -2.28. The molecule has 0 atom stereocenters. The van der Waals surface area contributed by atoms with Crippen LogP contribution in [0, 0.1) is 11.3 Å².